The van der Waals surface area contributed by atoms with Crippen LogP contribution in [0.1, 0.15) is 20.3 Å². The first-order valence-electron chi connectivity index (χ1n) is 4.90. The van der Waals surface area contributed by atoms with Gasteiger partial charge in [0.2, 0.25) is 0 Å². The van der Waals surface area contributed by atoms with E-state index in [9.17, 15) is 9.00 Å². The molecule has 0 spiro atoms. The predicted molar refractivity (Wildman–Crippen MR) is 63.0 cm³/mol. The summed E-state index contributed by atoms with van der Waals surface area (Å²) in [6, 6.07) is -0.408. The molecule has 0 aromatic carbocycles. The van der Waals surface area contributed by atoms with Crippen molar-refractivity contribution in [3.63, 3.8) is 0 Å². The highest BCUT2D eigenvalue weighted by molar-refractivity contribution is 7.85. The minimum absolute atomic E-state index is 0. The van der Waals surface area contributed by atoms with Gasteiger partial charge in [-0.15, -0.1) is 12.4 Å². The third kappa shape index (κ3) is 3.74. The minimum Gasteiger partial charge on any atom is -0.480 e. The Morgan fingerprint density at radius 3 is 2.67 bits per heavy atom. The number of nitrogens with zero attached hydrogens (tertiary/aromatic N) is 1. The molecular formula is C9H18ClNO3S. The van der Waals surface area contributed by atoms with Crippen LogP contribution in [0, 0.1) is 0 Å². The van der Waals surface area contributed by atoms with Crippen LogP contribution in [-0.4, -0.2) is 50.3 Å². The van der Waals surface area contributed by atoms with Crippen LogP contribution in [0.3, 0.4) is 0 Å². The Bertz CT molecular complexity index is 250. The molecule has 1 fully saturated rings. The van der Waals surface area contributed by atoms with Crippen molar-refractivity contribution in [2.45, 2.75) is 31.6 Å². The third-order valence-corrected chi connectivity index (χ3v) is 4.26. The summed E-state index contributed by atoms with van der Waals surface area (Å²) in [6.07, 6.45) is 0.606. The third-order valence-electron chi connectivity index (χ3n) is 2.63. The Morgan fingerprint density at radius 2 is 2.27 bits per heavy atom. The normalized spacial score (nSPS) is 29.2. The number of rotatable bonds is 3. The molecule has 4 nitrogen and oxygen atoms in total. The van der Waals surface area contributed by atoms with Gasteiger partial charge in [-0.2, -0.15) is 0 Å². The number of hydrogen-bond acceptors (Lipinski definition) is 3. The van der Waals surface area contributed by atoms with Gasteiger partial charge in [-0.3, -0.25) is 13.9 Å². The molecule has 3 atom stereocenters. The van der Waals surface area contributed by atoms with E-state index in [1.54, 1.807) is 0 Å². The SMILES string of the molecule is CCC(C(=O)O)N1CCS(=O)C(C)C1.Cl. The van der Waals surface area contributed by atoms with Gasteiger partial charge < -0.3 is 5.11 Å². The van der Waals surface area contributed by atoms with Crippen molar-refractivity contribution in [2.24, 2.45) is 0 Å². The Balaban J connectivity index is 0.00000196. The van der Waals surface area contributed by atoms with Gasteiger partial charge in [0.1, 0.15) is 6.04 Å². The molecule has 15 heavy (non-hydrogen) atoms. The van der Waals surface area contributed by atoms with Crippen molar-refractivity contribution < 1.29 is 14.1 Å². The molecule has 0 aliphatic carbocycles. The van der Waals surface area contributed by atoms with Crippen LogP contribution in [-0.2, 0) is 15.6 Å². The zero-order chi connectivity index (χ0) is 10.7. The summed E-state index contributed by atoms with van der Waals surface area (Å²) in [4.78, 5) is 12.8. The second kappa shape index (κ2) is 6.45. The number of halogens is 1. The Labute approximate surface area is 98.9 Å². The molecule has 0 aromatic heterocycles. The highest BCUT2D eigenvalue weighted by Gasteiger charge is 2.30. The van der Waals surface area contributed by atoms with Crippen molar-refractivity contribution >= 4 is 29.2 Å². The lowest BCUT2D eigenvalue weighted by Crippen LogP contribution is -2.50. The lowest BCUT2D eigenvalue weighted by molar-refractivity contribution is -0.143. The molecule has 1 rings (SSSR count). The average molecular weight is 256 g/mol. The molecule has 1 saturated heterocycles. The molecule has 0 bridgehead atoms. The average Bonchev–Trinajstić information content (AvgIpc) is 2.11. The van der Waals surface area contributed by atoms with Crippen LogP contribution in [0.2, 0.25) is 0 Å². The summed E-state index contributed by atoms with van der Waals surface area (Å²) in [7, 11) is -0.772. The van der Waals surface area contributed by atoms with Crippen molar-refractivity contribution in [3.05, 3.63) is 0 Å². The summed E-state index contributed by atoms with van der Waals surface area (Å²) >= 11 is 0. The smallest absolute Gasteiger partial charge is 0.320 e. The molecule has 1 N–H and O–H groups in total. The first kappa shape index (κ1) is 14.9. The van der Waals surface area contributed by atoms with E-state index in [0.717, 1.165) is 0 Å². The molecule has 1 heterocycles. The quantitative estimate of drug-likeness (QED) is 0.808. The maximum atomic E-state index is 11.4. The van der Waals surface area contributed by atoms with Gasteiger partial charge in [0, 0.05) is 34.9 Å². The number of carboxylic acid groups (broad SMARTS) is 1. The molecule has 1 aliphatic heterocycles. The second-order valence-electron chi connectivity index (χ2n) is 3.65. The maximum absolute atomic E-state index is 11.4. The number of aliphatic carboxylic acids is 1. The van der Waals surface area contributed by atoms with E-state index in [4.69, 9.17) is 5.11 Å². The summed E-state index contributed by atoms with van der Waals surface area (Å²) in [5, 5.41) is 9.05. The monoisotopic (exact) mass is 255 g/mol. The molecular weight excluding hydrogens is 238 g/mol. The van der Waals surface area contributed by atoms with Crippen molar-refractivity contribution in [1.29, 1.82) is 0 Å². The van der Waals surface area contributed by atoms with E-state index in [1.807, 2.05) is 18.7 Å². The molecule has 0 radical (unpaired) electrons. The Kier molecular flexibility index (Phi) is 6.40. The van der Waals surface area contributed by atoms with Crippen LogP contribution in [0.15, 0.2) is 0 Å². The highest BCUT2D eigenvalue weighted by Crippen LogP contribution is 2.13. The molecule has 0 aromatic rings. The first-order valence-corrected chi connectivity index (χ1v) is 6.28. The fraction of sp³-hybridized carbons (Fsp3) is 0.889. The first-order chi connectivity index (χ1) is 6.56. The van der Waals surface area contributed by atoms with Crippen LogP contribution in [0.25, 0.3) is 0 Å². The van der Waals surface area contributed by atoms with Crippen LogP contribution >= 0.6 is 12.4 Å². The van der Waals surface area contributed by atoms with E-state index in [1.165, 1.54) is 0 Å². The zero-order valence-electron chi connectivity index (χ0n) is 9.01. The van der Waals surface area contributed by atoms with Crippen LogP contribution < -0.4 is 0 Å². The zero-order valence-corrected chi connectivity index (χ0v) is 10.6. The van der Waals surface area contributed by atoms with Crippen LogP contribution in [0.5, 0.6) is 0 Å². The van der Waals surface area contributed by atoms with Gasteiger partial charge in [0.15, 0.2) is 0 Å². The van der Waals surface area contributed by atoms with Crippen molar-refractivity contribution in [1.82, 2.24) is 4.90 Å². The van der Waals surface area contributed by atoms with Crippen molar-refractivity contribution in [2.75, 3.05) is 18.8 Å². The molecule has 3 unspecified atom stereocenters. The van der Waals surface area contributed by atoms with Gasteiger partial charge in [0.25, 0.3) is 0 Å². The standard InChI is InChI=1S/C9H17NO3S.ClH/c1-3-8(9(11)12)10-4-5-14(13)7(2)6-10;/h7-8H,3-6H2,1-2H3,(H,11,12);1H. The van der Waals surface area contributed by atoms with Gasteiger partial charge in [-0.25, -0.2) is 0 Å². The molecule has 0 amide bonds. The second-order valence-corrected chi connectivity index (χ2v) is 5.63. The summed E-state index contributed by atoms with van der Waals surface area (Å²) in [5.41, 5.74) is 0. The Hall–Kier alpha value is -0.130. The van der Waals surface area contributed by atoms with Crippen LogP contribution in [0.4, 0.5) is 0 Å². The summed E-state index contributed by atoms with van der Waals surface area (Å²) in [5.74, 6) is -0.169. The van der Waals surface area contributed by atoms with Gasteiger partial charge in [-0.05, 0) is 13.3 Å². The minimum atomic E-state index is -0.772. The fourth-order valence-corrected chi connectivity index (χ4v) is 2.96. The summed E-state index contributed by atoms with van der Waals surface area (Å²) < 4.78 is 11.4. The number of hydrogen-bond donors (Lipinski definition) is 1. The molecule has 90 valence electrons. The van der Waals surface area contributed by atoms with Gasteiger partial charge in [-0.1, -0.05) is 6.92 Å². The van der Waals surface area contributed by atoms with E-state index in [2.05, 4.69) is 0 Å². The number of carbonyl (C=O) groups is 1. The molecule has 6 heteroatoms. The molecule has 0 saturated carbocycles. The lowest BCUT2D eigenvalue weighted by Gasteiger charge is -2.34. The van der Waals surface area contributed by atoms with E-state index >= 15 is 0 Å². The lowest BCUT2D eigenvalue weighted by atomic mass is 10.2. The maximum Gasteiger partial charge on any atom is 0.320 e. The van der Waals surface area contributed by atoms with E-state index < -0.39 is 22.8 Å². The largest absolute Gasteiger partial charge is 0.480 e. The summed E-state index contributed by atoms with van der Waals surface area (Å²) in [6.45, 7) is 5.06. The van der Waals surface area contributed by atoms with Gasteiger partial charge >= 0.3 is 5.97 Å². The predicted octanol–water partition coefficient (Wildman–Crippen LogP) is 0.724. The van der Waals surface area contributed by atoms with Crippen molar-refractivity contribution in [3.8, 4) is 0 Å². The van der Waals surface area contributed by atoms with E-state index in [-0.39, 0.29) is 17.7 Å². The Morgan fingerprint density at radius 1 is 1.67 bits per heavy atom. The topological polar surface area (TPSA) is 57.6 Å². The van der Waals surface area contributed by atoms with E-state index in [0.29, 0.717) is 25.3 Å². The highest BCUT2D eigenvalue weighted by atomic mass is 35.5. The molecule has 1 aliphatic rings. The fourth-order valence-electron chi connectivity index (χ4n) is 1.79. The number of carboxylic acids is 1. The van der Waals surface area contributed by atoms with Gasteiger partial charge in [0.05, 0.1) is 0 Å².